The minimum atomic E-state index is -4.90. The van der Waals surface area contributed by atoms with E-state index in [1.54, 1.807) is 12.4 Å². The van der Waals surface area contributed by atoms with Gasteiger partial charge in [0, 0.05) is 30.8 Å². The SMILES string of the molecule is O=C(O)c1cc(CNCCCCOCCNc2cc(-c3cnns3)cc3[nH]ncc23)cc(OC(F)(F)F)c1. The molecule has 0 aliphatic heterocycles. The lowest BCUT2D eigenvalue weighted by molar-refractivity contribution is -0.274. The number of aromatic amines is 1. The molecule has 202 valence electrons. The molecule has 0 bridgehead atoms. The number of nitrogens with zero attached hydrogens (tertiary/aromatic N) is 3. The number of carboxylic acid groups (broad SMARTS) is 1. The van der Waals surface area contributed by atoms with E-state index < -0.39 is 18.1 Å². The van der Waals surface area contributed by atoms with Crippen LogP contribution >= 0.6 is 11.5 Å². The number of benzene rings is 2. The minimum Gasteiger partial charge on any atom is -0.478 e. The van der Waals surface area contributed by atoms with Gasteiger partial charge in [-0.15, -0.1) is 18.3 Å². The number of nitrogens with one attached hydrogen (secondary N) is 3. The van der Waals surface area contributed by atoms with E-state index in [0.717, 1.165) is 45.9 Å². The van der Waals surface area contributed by atoms with E-state index in [9.17, 15) is 18.0 Å². The van der Waals surface area contributed by atoms with Crippen LogP contribution in [0.4, 0.5) is 18.9 Å². The molecule has 2 aromatic heterocycles. The van der Waals surface area contributed by atoms with Crippen LogP contribution in [0.25, 0.3) is 21.3 Å². The average Bonchev–Trinajstić information content (AvgIpc) is 3.56. The Kier molecular flexibility index (Phi) is 9.10. The summed E-state index contributed by atoms with van der Waals surface area (Å²) in [4.78, 5) is 12.2. The van der Waals surface area contributed by atoms with E-state index in [-0.39, 0.29) is 12.1 Å². The van der Waals surface area contributed by atoms with Gasteiger partial charge >= 0.3 is 12.3 Å². The number of hydrogen-bond donors (Lipinski definition) is 4. The molecule has 2 aromatic carbocycles. The second kappa shape index (κ2) is 12.7. The first-order chi connectivity index (χ1) is 18.3. The van der Waals surface area contributed by atoms with Crippen LogP contribution in [-0.4, -0.2) is 63.5 Å². The quantitative estimate of drug-likeness (QED) is 0.165. The highest BCUT2D eigenvalue weighted by Crippen LogP contribution is 2.31. The third-order valence-corrected chi connectivity index (χ3v) is 6.15. The second-order valence-electron chi connectivity index (χ2n) is 8.28. The number of rotatable bonds is 14. The van der Waals surface area contributed by atoms with Crippen molar-refractivity contribution in [2.24, 2.45) is 0 Å². The zero-order valence-corrected chi connectivity index (χ0v) is 20.9. The maximum absolute atomic E-state index is 12.5. The number of alkyl halides is 3. The fourth-order valence-electron chi connectivity index (χ4n) is 3.76. The van der Waals surface area contributed by atoms with Crippen LogP contribution in [0.5, 0.6) is 5.75 Å². The summed E-state index contributed by atoms with van der Waals surface area (Å²) < 4.78 is 51.0. The summed E-state index contributed by atoms with van der Waals surface area (Å²) in [6.07, 6.45) is 0.147. The number of ether oxygens (including phenoxy) is 2. The normalized spacial score (nSPS) is 11.7. The van der Waals surface area contributed by atoms with Gasteiger partial charge in [0.2, 0.25) is 0 Å². The minimum absolute atomic E-state index is 0.208. The number of halogens is 3. The predicted molar refractivity (Wildman–Crippen MR) is 135 cm³/mol. The molecular formula is C24H25F3N6O4S. The predicted octanol–water partition coefficient (Wildman–Crippen LogP) is 4.68. The lowest BCUT2D eigenvalue weighted by Gasteiger charge is -2.12. The largest absolute Gasteiger partial charge is 0.573 e. The Labute approximate surface area is 219 Å². The first-order valence-corrected chi connectivity index (χ1v) is 12.5. The molecule has 0 fully saturated rings. The topological polar surface area (TPSA) is 134 Å². The molecular weight excluding hydrogens is 525 g/mol. The van der Waals surface area contributed by atoms with Crippen LogP contribution in [0.1, 0.15) is 28.8 Å². The van der Waals surface area contributed by atoms with E-state index in [0.29, 0.717) is 31.9 Å². The Bertz CT molecular complexity index is 1350. The number of anilines is 1. The maximum atomic E-state index is 12.5. The van der Waals surface area contributed by atoms with Crippen molar-refractivity contribution < 1.29 is 32.5 Å². The van der Waals surface area contributed by atoms with Gasteiger partial charge in [-0.2, -0.15) is 5.10 Å². The van der Waals surface area contributed by atoms with E-state index in [1.165, 1.54) is 23.7 Å². The number of aromatic nitrogens is 4. The van der Waals surface area contributed by atoms with Gasteiger partial charge < -0.3 is 25.2 Å². The third kappa shape index (κ3) is 7.87. The summed E-state index contributed by atoms with van der Waals surface area (Å²) in [5.41, 5.74) is 2.94. The fraction of sp³-hybridized carbons (Fsp3) is 0.333. The second-order valence-corrected chi connectivity index (χ2v) is 9.06. The van der Waals surface area contributed by atoms with Crippen LogP contribution in [-0.2, 0) is 11.3 Å². The highest BCUT2D eigenvalue weighted by atomic mass is 32.1. The number of unbranched alkanes of at least 4 members (excludes halogenated alkanes) is 1. The highest BCUT2D eigenvalue weighted by molar-refractivity contribution is 7.09. The Morgan fingerprint density at radius 3 is 2.71 bits per heavy atom. The van der Waals surface area contributed by atoms with Crippen LogP contribution in [0.15, 0.2) is 42.7 Å². The molecule has 0 saturated carbocycles. The van der Waals surface area contributed by atoms with Gasteiger partial charge in [-0.05, 0) is 72.4 Å². The monoisotopic (exact) mass is 550 g/mol. The number of fused-ring (bicyclic) bond motifs is 1. The Hall–Kier alpha value is -3.75. The zero-order valence-electron chi connectivity index (χ0n) is 20.0. The molecule has 4 N–H and O–H groups in total. The van der Waals surface area contributed by atoms with Crippen molar-refractivity contribution in [2.75, 3.05) is 31.6 Å². The van der Waals surface area contributed by atoms with Crippen LogP contribution in [0.3, 0.4) is 0 Å². The van der Waals surface area contributed by atoms with Gasteiger partial charge in [0.15, 0.2) is 0 Å². The van der Waals surface area contributed by atoms with Crippen molar-refractivity contribution >= 4 is 34.1 Å². The van der Waals surface area contributed by atoms with E-state index in [1.807, 2.05) is 12.1 Å². The zero-order chi connectivity index (χ0) is 27.0. The molecule has 0 unspecified atom stereocenters. The average molecular weight is 551 g/mol. The molecule has 0 spiro atoms. The number of carbonyl (C=O) groups is 1. The Morgan fingerprint density at radius 1 is 1.08 bits per heavy atom. The molecule has 0 atom stereocenters. The molecule has 4 aromatic rings. The van der Waals surface area contributed by atoms with E-state index in [2.05, 4.69) is 35.2 Å². The standard InChI is InChI=1S/C24H25F3N6O4S/c25-24(26,27)37-18-8-15(7-17(9-18)23(34)35)12-28-3-1-2-5-36-6-4-29-20-10-16(22-14-31-33-38-22)11-21-19(20)13-30-32-21/h7-11,13-14,28-29H,1-6,12H2,(H,30,32)(H,34,35). The molecule has 10 nitrogen and oxygen atoms in total. The van der Waals surface area contributed by atoms with Gasteiger partial charge in [0.25, 0.3) is 0 Å². The molecule has 0 amide bonds. The van der Waals surface area contributed by atoms with Gasteiger partial charge in [-0.3, -0.25) is 5.10 Å². The first-order valence-electron chi connectivity index (χ1n) is 11.7. The lowest BCUT2D eigenvalue weighted by Crippen LogP contribution is -2.19. The van der Waals surface area contributed by atoms with Gasteiger partial charge in [-0.25, -0.2) is 4.79 Å². The van der Waals surface area contributed by atoms with Crippen molar-refractivity contribution in [2.45, 2.75) is 25.7 Å². The molecule has 4 rings (SSSR count). The summed E-state index contributed by atoms with van der Waals surface area (Å²) in [6.45, 7) is 2.45. The summed E-state index contributed by atoms with van der Waals surface area (Å²) in [6, 6.07) is 7.37. The lowest BCUT2D eigenvalue weighted by atomic mass is 10.1. The molecule has 38 heavy (non-hydrogen) atoms. The molecule has 0 radical (unpaired) electrons. The van der Waals surface area contributed by atoms with E-state index >= 15 is 0 Å². The summed E-state index contributed by atoms with van der Waals surface area (Å²) in [5, 5.41) is 27.6. The third-order valence-electron chi connectivity index (χ3n) is 5.43. The van der Waals surface area contributed by atoms with Crippen LogP contribution in [0.2, 0.25) is 0 Å². The van der Waals surface area contributed by atoms with Crippen molar-refractivity contribution in [3.05, 3.63) is 53.9 Å². The number of H-pyrrole nitrogens is 1. The van der Waals surface area contributed by atoms with Crippen molar-refractivity contribution in [3.8, 4) is 16.2 Å². The van der Waals surface area contributed by atoms with E-state index in [4.69, 9.17) is 9.84 Å². The first kappa shape index (κ1) is 27.3. The van der Waals surface area contributed by atoms with Crippen molar-refractivity contribution in [1.29, 1.82) is 0 Å². The summed E-state index contributed by atoms with van der Waals surface area (Å²) in [7, 11) is 0. The number of aromatic carboxylic acids is 1. The van der Waals surface area contributed by atoms with Gasteiger partial charge in [0.05, 0.1) is 35.0 Å². The van der Waals surface area contributed by atoms with Gasteiger partial charge in [0.1, 0.15) is 5.75 Å². The number of hydrogen-bond acceptors (Lipinski definition) is 9. The fourth-order valence-corrected chi connectivity index (χ4v) is 4.26. The maximum Gasteiger partial charge on any atom is 0.573 e. The molecule has 2 heterocycles. The summed E-state index contributed by atoms with van der Waals surface area (Å²) >= 11 is 1.32. The molecule has 0 aliphatic rings. The van der Waals surface area contributed by atoms with Gasteiger partial charge in [-0.1, -0.05) is 4.49 Å². The highest BCUT2D eigenvalue weighted by Gasteiger charge is 2.31. The smallest absolute Gasteiger partial charge is 0.478 e. The molecule has 14 heteroatoms. The van der Waals surface area contributed by atoms with Crippen LogP contribution in [0, 0.1) is 0 Å². The number of carboxylic acids is 1. The Balaban J connectivity index is 1.14. The molecule has 0 aliphatic carbocycles. The van der Waals surface area contributed by atoms with Crippen molar-refractivity contribution in [1.82, 2.24) is 25.1 Å². The summed E-state index contributed by atoms with van der Waals surface area (Å²) in [5.74, 6) is -1.89. The Morgan fingerprint density at radius 2 is 1.95 bits per heavy atom. The van der Waals surface area contributed by atoms with Crippen LogP contribution < -0.4 is 15.4 Å². The molecule has 0 saturated heterocycles. The van der Waals surface area contributed by atoms with Crippen molar-refractivity contribution in [3.63, 3.8) is 0 Å².